The number of hydrogen-bond donors (Lipinski definition) is 2. The Morgan fingerprint density at radius 1 is 0.510 bits per heavy atom. The molecule has 1 heterocycles. The van der Waals surface area contributed by atoms with Crippen LogP contribution in [0, 0.1) is 0 Å². The van der Waals surface area contributed by atoms with Gasteiger partial charge in [0.25, 0.3) is 0 Å². The number of nitrogens with zero attached hydrogens (tertiary/aromatic N) is 4. The Labute approximate surface area is 294 Å². The Kier molecular flexibility index (Phi) is 19.3. The molecular formula is C35H65N5O9. The van der Waals surface area contributed by atoms with Crippen LogP contribution in [0.2, 0.25) is 0 Å². The van der Waals surface area contributed by atoms with E-state index in [1.165, 1.54) is 0 Å². The smallest absolute Gasteiger partial charge is 0.320 e. The highest BCUT2D eigenvalue weighted by molar-refractivity contribution is 5.78. The van der Waals surface area contributed by atoms with E-state index >= 15 is 0 Å². The lowest BCUT2D eigenvalue weighted by molar-refractivity contribution is -0.158. The highest BCUT2D eigenvalue weighted by atomic mass is 16.6. The number of unbranched alkanes of at least 4 members (excludes halogenated alkanes) is 3. The van der Waals surface area contributed by atoms with E-state index in [1.54, 1.807) is 0 Å². The molecule has 284 valence electrons. The second-order valence-electron chi connectivity index (χ2n) is 15.8. The monoisotopic (exact) mass is 699 g/mol. The molecule has 0 aromatic heterocycles. The number of hydrogen-bond acceptors (Lipinski definition) is 12. The van der Waals surface area contributed by atoms with E-state index in [2.05, 4.69) is 5.32 Å². The number of rotatable bonds is 15. The van der Waals surface area contributed by atoms with E-state index in [0.717, 1.165) is 19.3 Å². The molecule has 0 aromatic rings. The van der Waals surface area contributed by atoms with E-state index in [-0.39, 0.29) is 56.4 Å². The highest BCUT2D eigenvalue weighted by Crippen LogP contribution is 2.11. The number of ether oxygens (including phenoxy) is 3. The molecule has 14 nitrogen and oxygen atoms in total. The summed E-state index contributed by atoms with van der Waals surface area (Å²) in [6.45, 7) is 21.0. The van der Waals surface area contributed by atoms with Crippen LogP contribution in [0.25, 0.3) is 0 Å². The summed E-state index contributed by atoms with van der Waals surface area (Å²) < 4.78 is 16.8. The number of esters is 3. The summed E-state index contributed by atoms with van der Waals surface area (Å²) in [5.74, 6) is -1.98. The van der Waals surface area contributed by atoms with Gasteiger partial charge < -0.3 is 24.6 Å². The second-order valence-corrected chi connectivity index (χ2v) is 15.8. The zero-order valence-corrected chi connectivity index (χ0v) is 31.7. The molecule has 0 bridgehead atoms. The lowest BCUT2D eigenvalue weighted by Gasteiger charge is -2.34. The number of nitrogens with one attached hydrogen (secondary N) is 1. The molecule has 1 aliphatic heterocycles. The molecule has 0 atom stereocenters. The molecule has 0 saturated carbocycles. The Balaban J connectivity index is 3.10. The summed E-state index contributed by atoms with van der Waals surface area (Å²) in [6.07, 6.45) is 3.17. The van der Waals surface area contributed by atoms with Crippen molar-refractivity contribution in [3.8, 4) is 0 Å². The van der Waals surface area contributed by atoms with Crippen LogP contribution in [0.5, 0.6) is 0 Å². The SMILES string of the molecule is CC(C)(C)OC(=O)CN1CCN(CC(=O)NCCCCCCC(=O)O)CCN(CC(=O)OC(C)(C)C)CCN(CC(=O)OC(C)(C)C)CC1. The number of carboxylic acids is 1. The summed E-state index contributed by atoms with van der Waals surface area (Å²) in [5, 5.41) is 11.8. The number of aliphatic carboxylic acids is 1. The first-order valence-corrected chi connectivity index (χ1v) is 17.6. The Hall–Kier alpha value is -2.81. The van der Waals surface area contributed by atoms with Gasteiger partial charge in [0.15, 0.2) is 0 Å². The third-order valence-electron chi connectivity index (χ3n) is 7.25. The van der Waals surface area contributed by atoms with Gasteiger partial charge in [-0.15, -0.1) is 0 Å². The van der Waals surface area contributed by atoms with Crippen molar-refractivity contribution in [2.24, 2.45) is 0 Å². The van der Waals surface area contributed by atoms with Crippen molar-refractivity contribution in [3.63, 3.8) is 0 Å². The number of carboxylic acid groups (broad SMARTS) is 1. The van der Waals surface area contributed by atoms with Crippen LogP contribution in [-0.4, -0.2) is 156 Å². The molecule has 1 amide bonds. The summed E-state index contributed by atoms with van der Waals surface area (Å²) in [6, 6.07) is 0. The standard InChI is InChI=1S/C35H65N5O9/c1-33(2,3)47-30(44)25-38-18-16-37(24-28(41)36-15-13-11-10-12-14-29(42)43)17-19-39(26-31(45)48-34(4,5)6)21-23-40(22-20-38)27-32(46)49-35(7,8)9/h10-27H2,1-9H3,(H,36,41)(H,42,43). The minimum Gasteiger partial charge on any atom is -0.481 e. The zero-order chi connectivity index (χ0) is 37.3. The van der Waals surface area contributed by atoms with Gasteiger partial charge in [0.2, 0.25) is 5.91 Å². The molecule has 2 N–H and O–H groups in total. The van der Waals surface area contributed by atoms with E-state index in [4.69, 9.17) is 19.3 Å². The van der Waals surface area contributed by atoms with E-state index in [1.807, 2.05) is 81.9 Å². The molecule has 0 aliphatic carbocycles. The van der Waals surface area contributed by atoms with E-state index in [0.29, 0.717) is 65.3 Å². The lowest BCUT2D eigenvalue weighted by Crippen LogP contribution is -2.50. The van der Waals surface area contributed by atoms with Crippen LogP contribution in [0.4, 0.5) is 0 Å². The summed E-state index contributed by atoms with van der Waals surface area (Å²) in [7, 11) is 0. The second kappa shape index (κ2) is 21.4. The number of carbonyl (C=O) groups is 5. The van der Waals surface area contributed by atoms with Crippen LogP contribution in [0.1, 0.15) is 94.4 Å². The largest absolute Gasteiger partial charge is 0.481 e. The molecule has 49 heavy (non-hydrogen) atoms. The fourth-order valence-electron chi connectivity index (χ4n) is 5.12. The maximum absolute atomic E-state index is 13.0. The molecule has 1 rings (SSSR count). The number of carbonyl (C=O) groups excluding carboxylic acids is 4. The van der Waals surface area contributed by atoms with Crippen LogP contribution in [0.15, 0.2) is 0 Å². The van der Waals surface area contributed by atoms with Crippen molar-refractivity contribution in [2.75, 3.05) is 85.1 Å². The predicted molar refractivity (Wildman–Crippen MR) is 187 cm³/mol. The minimum atomic E-state index is -0.799. The molecular weight excluding hydrogens is 634 g/mol. The average Bonchev–Trinajstić information content (AvgIpc) is 2.90. The minimum absolute atomic E-state index is 0.0592. The normalized spacial score (nSPS) is 17.0. The molecule has 0 unspecified atom stereocenters. The molecule has 0 spiro atoms. The van der Waals surface area contributed by atoms with Crippen molar-refractivity contribution in [3.05, 3.63) is 0 Å². The van der Waals surface area contributed by atoms with E-state index < -0.39 is 22.8 Å². The van der Waals surface area contributed by atoms with Crippen molar-refractivity contribution in [2.45, 2.75) is 111 Å². The average molecular weight is 700 g/mol. The highest BCUT2D eigenvalue weighted by Gasteiger charge is 2.26. The van der Waals surface area contributed by atoms with Crippen LogP contribution >= 0.6 is 0 Å². The summed E-state index contributed by atoms with van der Waals surface area (Å²) in [4.78, 5) is 70.2. The van der Waals surface area contributed by atoms with E-state index in [9.17, 15) is 24.0 Å². The van der Waals surface area contributed by atoms with Crippen LogP contribution < -0.4 is 5.32 Å². The molecule has 0 radical (unpaired) electrons. The van der Waals surface area contributed by atoms with Gasteiger partial charge >= 0.3 is 23.9 Å². The zero-order valence-electron chi connectivity index (χ0n) is 31.7. The number of amides is 1. The molecule has 14 heteroatoms. The van der Waals surface area contributed by atoms with Gasteiger partial charge in [-0.25, -0.2) is 0 Å². The molecule has 0 aromatic carbocycles. The molecule has 1 aliphatic rings. The maximum atomic E-state index is 13.0. The van der Waals surface area contributed by atoms with Gasteiger partial charge in [-0.3, -0.25) is 43.6 Å². The first-order valence-electron chi connectivity index (χ1n) is 17.6. The summed E-state index contributed by atoms with van der Waals surface area (Å²) >= 11 is 0. The Morgan fingerprint density at radius 2 is 0.816 bits per heavy atom. The Bertz CT molecular complexity index is 1000. The van der Waals surface area contributed by atoms with Gasteiger partial charge in [-0.05, 0) is 75.2 Å². The van der Waals surface area contributed by atoms with Crippen molar-refractivity contribution in [1.82, 2.24) is 24.9 Å². The Morgan fingerprint density at radius 3 is 1.12 bits per heavy atom. The first kappa shape index (κ1) is 44.2. The van der Waals surface area contributed by atoms with Gasteiger partial charge in [0.05, 0.1) is 26.2 Å². The third kappa shape index (κ3) is 24.9. The van der Waals surface area contributed by atoms with Crippen molar-refractivity contribution < 1.29 is 43.3 Å². The molecule has 1 fully saturated rings. The van der Waals surface area contributed by atoms with Crippen LogP contribution in [-0.2, 0) is 38.2 Å². The molecule has 1 saturated heterocycles. The predicted octanol–water partition coefficient (Wildman–Crippen LogP) is 2.38. The van der Waals surface area contributed by atoms with Gasteiger partial charge in [0, 0.05) is 65.3 Å². The lowest BCUT2D eigenvalue weighted by atomic mass is 10.1. The van der Waals surface area contributed by atoms with Gasteiger partial charge in [0.1, 0.15) is 16.8 Å². The van der Waals surface area contributed by atoms with Crippen molar-refractivity contribution >= 4 is 29.8 Å². The summed E-state index contributed by atoms with van der Waals surface area (Å²) in [5.41, 5.74) is -1.90. The topological polar surface area (TPSA) is 158 Å². The first-order chi connectivity index (χ1) is 22.6. The maximum Gasteiger partial charge on any atom is 0.320 e. The van der Waals surface area contributed by atoms with Gasteiger partial charge in [-0.2, -0.15) is 0 Å². The third-order valence-corrected chi connectivity index (χ3v) is 7.25. The van der Waals surface area contributed by atoms with Crippen LogP contribution in [0.3, 0.4) is 0 Å². The fraction of sp³-hybridized carbons (Fsp3) is 0.857. The van der Waals surface area contributed by atoms with Crippen molar-refractivity contribution in [1.29, 1.82) is 0 Å². The quantitative estimate of drug-likeness (QED) is 0.146. The van der Waals surface area contributed by atoms with Gasteiger partial charge in [-0.1, -0.05) is 12.8 Å². The fourth-order valence-corrected chi connectivity index (χ4v) is 5.12.